The van der Waals surface area contributed by atoms with Crippen molar-refractivity contribution in [2.45, 2.75) is 12.5 Å². The lowest BCUT2D eigenvalue weighted by Gasteiger charge is -2.17. The van der Waals surface area contributed by atoms with Gasteiger partial charge in [0.1, 0.15) is 6.04 Å². The van der Waals surface area contributed by atoms with Crippen molar-refractivity contribution in [3.8, 4) is 28.5 Å². The number of thioether (sulfide) groups is 1. The van der Waals surface area contributed by atoms with E-state index in [1.807, 2.05) is 54.1 Å². The van der Waals surface area contributed by atoms with Gasteiger partial charge >= 0.3 is 0 Å². The predicted octanol–water partition coefficient (Wildman–Crippen LogP) is 5.53. The van der Waals surface area contributed by atoms with E-state index in [4.69, 9.17) is 5.73 Å². The molecule has 1 aromatic heterocycles. The van der Waals surface area contributed by atoms with Crippen LogP contribution in [0.3, 0.4) is 0 Å². The van der Waals surface area contributed by atoms with Gasteiger partial charge in [-0.3, -0.25) is 9.59 Å². The van der Waals surface area contributed by atoms with Crippen LogP contribution in [0.1, 0.15) is 22.3 Å². The monoisotopic (exact) mass is 561 g/mol. The van der Waals surface area contributed by atoms with Crippen molar-refractivity contribution in [1.82, 2.24) is 10.3 Å². The predicted molar refractivity (Wildman–Crippen MR) is 162 cm³/mol. The number of nitrogens with one attached hydrogen (secondary N) is 2. The topological polar surface area (TPSA) is 121 Å². The van der Waals surface area contributed by atoms with Crippen molar-refractivity contribution in [1.29, 1.82) is 5.26 Å². The van der Waals surface area contributed by atoms with Crippen molar-refractivity contribution in [3.63, 3.8) is 0 Å². The van der Waals surface area contributed by atoms with Gasteiger partial charge < -0.3 is 16.4 Å². The molecule has 4 N–H and O–H groups in total. The zero-order valence-corrected chi connectivity index (χ0v) is 23.2. The van der Waals surface area contributed by atoms with Gasteiger partial charge in [0.25, 0.3) is 5.91 Å². The first-order valence-corrected chi connectivity index (χ1v) is 13.8. The normalized spacial score (nSPS) is 11.1. The van der Waals surface area contributed by atoms with E-state index in [9.17, 15) is 14.9 Å². The number of aromatic nitrogens is 1. The van der Waals surface area contributed by atoms with Gasteiger partial charge in [-0.2, -0.15) is 30.5 Å². The molecule has 4 rings (SSSR count). The minimum atomic E-state index is -0.726. The summed E-state index contributed by atoms with van der Waals surface area (Å²) in [6.45, 7) is 0. The van der Waals surface area contributed by atoms with Gasteiger partial charge in [0.05, 0.1) is 17.3 Å². The molecule has 0 radical (unpaired) electrons. The molecule has 38 heavy (non-hydrogen) atoms. The van der Waals surface area contributed by atoms with E-state index in [1.165, 1.54) is 11.3 Å². The van der Waals surface area contributed by atoms with Gasteiger partial charge in [0.15, 0.2) is 5.13 Å². The summed E-state index contributed by atoms with van der Waals surface area (Å²) < 4.78 is 0. The van der Waals surface area contributed by atoms with E-state index in [1.54, 1.807) is 42.1 Å². The summed E-state index contributed by atoms with van der Waals surface area (Å²) >= 11 is 2.88. The fraction of sp³-hybridized carbons (Fsp3) is 0.143. The molecule has 2 amide bonds. The number of nitrogens with two attached hydrogens (primary N) is 1. The highest BCUT2D eigenvalue weighted by Gasteiger charge is 2.22. The van der Waals surface area contributed by atoms with E-state index in [2.05, 4.69) is 21.7 Å². The number of carbonyl (C=O) groups excluding carboxylic acids is 2. The number of anilines is 2. The quantitative estimate of drug-likeness (QED) is 0.231. The number of rotatable bonds is 9. The summed E-state index contributed by atoms with van der Waals surface area (Å²) in [6, 6.07) is 23.4. The Morgan fingerprint density at radius 3 is 2.45 bits per heavy atom. The van der Waals surface area contributed by atoms with Crippen LogP contribution in [0.25, 0.3) is 22.4 Å². The second-order valence-electron chi connectivity index (χ2n) is 8.23. The first-order chi connectivity index (χ1) is 18.0. The Morgan fingerprint density at radius 1 is 1.05 bits per heavy atom. The largest absolute Gasteiger partial charge is 0.399 e. The van der Waals surface area contributed by atoms with Crippen LogP contribution in [0.15, 0.2) is 78.2 Å². The molecule has 194 valence electrons. The molecule has 0 saturated carbocycles. The van der Waals surface area contributed by atoms with Crippen LogP contribution >= 0.6 is 36.6 Å². The van der Waals surface area contributed by atoms with E-state index < -0.39 is 6.04 Å². The summed E-state index contributed by atoms with van der Waals surface area (Å²) in [5.41, 5.74) is 10.6. The highest BCUT2D eigenvalue weighted by atomic mass is 32.2. The molecule has 10 heteroatoms. The lowest BCUT2D eigenvalue weighted by molar-refractivity contribution is -0.118. The van der Waals surface area contributed by atoms with Crippen LogP contribution in [0, 0.1) is 11.3 Å². The lowest BCUT2D eigenvalue weighted by Crippen LogP contribution is -2.44. The molecule has 1 atom stereocenters. The van der Waals surface area contributed by atoms with E-state index in [0.717, 1.165) is 16.7 Å². The van der Waals surface area contributed by atoms with Crippen molar-refractivity contribution in [2.75, 3.05) is 23.1 Å². The summed E-state index contributed by atoms with van der Waals surface area (Å²) in [5.74, 6) is 0.0178. The Morgan fingerprint density at radius 2 is 1.76 bits per heavy atom. The molecule has 0 aliphatic heterocycles. The lowest BCUT2D eigenvalue weighted by atomic mass is 9.99. The minimum Gasteiger partial charge on any atom is -0.399 e. The first-order valence-electron chi connectivity index (χ1n) is 11.5. The number of hydrogen-bond donors (Lipinski definition) is 3. The Bertz CT molecular complexity index is 1430. The number of hydrogen-bond acceptors (Lipinski definition) is 7. The second kappa shape index (κ2) is 13.7. The number of benzene rings is 3. The number of amides is 2. The van der Waals surface area contributed by atoms with Crippen LogP contribution < -0.4 is 16.4 Å². The number of nitriles is 1. The molecule has 4 aromatic rings. The van der Waals surface area contributed by atoms with Crippen LogP contribution in [0.2, 0.25) is 0 Å². The zero-order chi connectivity index (χ0) is 26.2. The molecular formula is C28H27N5O2S3. The summed E-state index contributed by atoms with van der Waals surface area (Å²) in [6.07, 6.45) is 2.42. The maximum atomic E-state index is 13.1. The molecule has 0 saturated heterocycles. The molecule has 0 aliphatic carbocycles. The average Bonchev–Trinajstić information content (AvgIpc) is 3.40. The van der Waals surface area contributed by atoms with Crippen molar-refractivity contribution < 1.29 is 9.59 Å². The van der Waals surface area contributed by atoms with Gasteiger partial charge in [-0.1, -0.05) is 30.3 Å². The minimum absolute atomic E-state index is 0. The third kappa shape index (κ3) is 7.38. The maximum absolute atomic E-state index is 13.1. The Hall–Kier alpha value is -3.78. The summed E-state index contributed by atoms with van der Waals surface area (Å²) in [5, 5.41) is 17.5. The number of nitrogen functional groups attached to an aromatic ring is 1. The molecule has 0 unspecified atom stereocenters. The van der Waals surface area contributed by atoms with Gasteiger partial charge in [0.2, 0.25) is 5.91 Å². The van der Waals surface area contributed by atoms with E-state index in [0.29, 0.717) is 39.8 Å². The molecule has 1 heterocycles. The third-order valence-corrected chi connectivity index (χ3v) is 7.01. The van der Waals surface area contributed by atoms with Crippen LogP contribution in [-0.4, -0.2) is 34.8 Å². The Labute approximate surface area is 236 Å². The molecule has 0 bridgehead atoms. The maximum Gasteiger partial charge on any atom is 0.251 e. The average molecular weight is 562 g/mol. The molecule has 3 aromatic carbocycles. The van der Waals surface area contributed by atoms with E-state index >= 15 is 0 Å². The van der Waals surface area contributed by atoms with Crippen molar-refractivity contribution >= 4 is 59.2 Å². The Balaban J connectivity index is 0.00000400. The van der Waals surface area contributed by atoms with E-state index in [-0.39, 0.29) is 25.3 Å². The zero-order valence-electron chi connectivity index (χ0n) is 20.6. The summed E-state index contributed by atoms with van der Waals surface area (Å²) in [7, 11) is 0. The van der Waals surface area contributed by atoms with Gasteiger partial charge in [-0.05, 0) is 72.0 Å². The number of thiazole rings is 1. The number of carbonyl (C=O) groups is 2. The Kier molecular flexibility index (Phi) is 10.4. The molecule has 0 spiro atoms. The van der Waals surface area contributed by atoms with Crippen molar-refractivity contribution in [3.05, 3.63) is 89.3 Å². The second-order valence-corrected chi connectivity index (χ2v) is 10.1. The van der Waals surface area contributed by atoms with Crippen LogP contribution in [0.4, 0.5) is 10.8 Å². The first kappa shape index (κ1) is 28.8. The molecular weight excluding hydrogens is 535 g/mol. The van der Waals surface area contributed by atoms with Gasteiger partial charge in [-0.25, -0.2) is 4.98 Å². The molecule has 7 nitrogen and oxygen atoms in total. The van der Waals surface area contributed by atoms with Crippen molar-refractivity contribution in [2.24, 2.45) is 0 Å². The smallest absolute Gasteiger partial charge is 0.251 e. The fourth-order valence-electron chi connectivity index (χ4n) is 3.67. The van der Waals surface area contributed by atoms with Crippen LogP contribution in [-0.2, 0) is 4.79 Å². The highest BCUT2D eigenvalue weighted by molar-refractivity contribution is 7.98. The standard InChI is InChI=1S/C28H25N5O2S2.H2S/c1-36-12-11-24(31-26(34)20-7-9-23(30)10-8-20)27(35)33-28-32-25(17-37-28)22-14-18(16-29)13-21(15-22)19-5-3-2-4-6-19;/h2-10,13-15,17,24H,11-12,30H2,1H3,(H,31,34)(H,32,33,35);1H2/t24-;/m0./s1. The number of nitrogens with zero attached hydrogens (tertiary/aromatic N) is 2. The fourth-order valence-corrected chi connectivity index (χ4v) is 4.87. The highest BCUT2D eigenvalue weighted by Crippen LogP contribution is 2.30. The van der Waals surface area contributed by atoms with Gasteiger partial charge in [0, 0.05) is 22.2 Å². The SMILES string of the molecule is CSCC[C@H](NC(=O)c1ccc(N)cc1)C(=O)Nc1nc(-c2cc(C#N)cc(-c3ccccc3)c2)cs1.S. The van der Waals surface area contributed by atoms with Crippen LogP contribution in [0.5, 0.6) is 0 Å². The molecule has 0 fully saturated rings. The molecule has 0 aliphatic rings. The van der Waals surface area contributed by atoms with Gasteiger partial charge in [-0.15, -0.1) is 11.3 Å². The summed E-state index contributed by atoms with van der Waals surface area (Å²) in [4.78, 5) is 30.4. The third-order valence-electron chi connectivity index (χ3n) is 5.60.